The molecule has 3 heteroatoms. The van der Waals surface area contributed by atoms with Gasteiger partial charge in [0.1, 0.15) is 5.75 Å². The molecule has 3 aromatic carbocycles. The Morgan fingerprint density at radius 2 is 1.67 bits per heavy atom. The molecule has 1 unspecified atom stereocenters. The summed E-state index contributed by atoms with van der Waals surface area (Å²) in [6, 6.07) is 24.4. The standard InChI is InChI=1S/C24H28N2O/c1-2-27-23-12-10-20(11-13-23)24(26-16-5-14-25-15-17-26)22-9-8-19-6-3-4-7-21(19)18-22/h3-4,6-13,18,24-25H,2,5,14-17H2,1H3. The van der Waals surface area contributed by atoms with Gasteiger partial charge in [-0.25, -0.2) is 0 Å². The van der Waals surface area contributed by atoms with E-state index in [0.717, 1.165) is 31.9 Å². The lowest BCUT2D eigenvalue weighted by Gasteiger charge is -2.31. The number of fused-ring (bicyclic) bond motifs is 1. The van der Waals surface area contributed by atoms with Crippen molar-refractivity contribution < 1.29 is 4.74 Å². The van der Waals surface area contributed by atoms with Gasteiger partial charge in [0.25, 0.3) is 0 Å². The molecule has 1 aliphatic heterocycles. The van der Waals surface area contributed by atoms with E-state index in [1.54, 1.807) is 0 Å². The van der Waals surface area contributed by atoms with Crippen LogP contribution >= 0.6 is 0 Å². The summed E-state index contributed by atoms with van der Waals surface area (Å²) in [7, 11) is 0. The van der Waals surface area contributed by atoms with Crippen LogP contribution in [-0.2, 0) is 0 Å². The first-order chi connectivity index (χ1) is 13.3. The van der Waals surface area contributed by atoms with E-state index in [2.05, 4.69) is 76.9 Å². The molecule has 1 aliphatic rings. The third kappa shape index (κ3) is 4.15. The molecule has 0 bridgehead atoms. The smallest absolute Gasteiger partial charge is 0.119 e. The fourth-order valence-electron chi connectivity index (χ4n) is 4.03. The number of nitrogens with one attached hydrogen (secondary N) is 1. The van der Waals surface area contributed by atoms with Crippen molar-refractivity contribution in [2.45, 2.75) is 19.4 Å². The van der Waals surface area contributed by atoms with Crippen molar-refractivity contribution in [3.05, 3.63) is 77.9 Å². The molecule has 0 amide bonds. The molecule has 0 aromatic heterocycles. The third-order valence-corrected chi connectivity index (χ3v) is 5.34. The molecule has 3 nitrogen and oxygen atoms in total. The van der Waals surface area contributed by atoms with Crippen LogP contribution in [0.15, 0.2) is 66.7 Å². The lowest BCUT2D eigenvalue weighted by molar-refractivity contribution is 0.241. The van der Waals surface area contributed by atoms with Crippen LogP contribution < -0.4 is 10.1 Å². The highest BCUT2D eigenvalue weighted by Crippen LogP contribution is 2.32. The van der Waals surface area contributed by atoms with E-state index < -0.39 is 0 Å². The van der Waals surface area contributed by atoms with Gasteiger partial charge in [-0.05, 0) is 60.0 Å². The van der Waals surface area contributed by atoms with Gasteiger partial charge in [-0.2, -0.15) is 0 Å². The summed E-state index contributed by atoms with van der Waals surface area (Å²) in [5.41, 5.74) is 2.69. The van der Waals surface area contributed by atoms with Crippen LogP contribution in [0.25, 0.3) is 10.8 Å². The van der Waals surface area contributed by atoms with Crippen molar-refractivity contribution >= 4 is 10.8 Å². The average molecular weight is 361 g/mol. The first-order valence-corrected chi connectivity index (χ1v) is 10.0. The van der Waals surface area contributed by atoms with Crippen LogP contribution in [0.1, 0.15) is 30.5 Å². The minimum atomic E-state index is 0.269. The molecule has 0 aliphatic carbocycles. The largest absolute Gasteiger partial charge is 0.494 e. The number of benzene rings is 3. The van der Waals surface area contributed by atoms with Gasteiger partial charge in [0, 0.05) is 19.6 Å². The Morgan fingerprint density at radius 3 is 2.48 bits per heavy atom. The van der Waals surface area contributed by atoms with Crippen molar-refractivity contribution in [2.24, 2.45) is 0 Å². The second kappa shape index (κ2) is 8.55. The highest BCUT2D eigenvalue weighted by Gasteiger charge is 2.23. The first kappa shape index (κ1) is 18.0. The molecule has 0 saturated carbocycles. The van der Waals surface area contributed by atoms with Crippen LogP contribution in [-0.4, -0.2) is 37.7 Å². The van der Waals surface area contributed by atoms with Gasteiger partial charge >= 0.3 is 0 Å². The molecular weight excluding hydrogens is 332 g/mol. The van der Waals surface area contributed by atoms with Gasteiger partial charge in [-0.1, -0.05) is 48.5 Å². The van der Waals surface area contributed by atoms with Gasteiger partial charge in [0.15, 0.2) is 0 Å². The summed E-state index contributed by atoms with van der Waals surface area (Å²) in [6.07, 6.45) is 1.18. The quantitative estimate of drug-likeness (QED) is 0.718. The minimum absolute atomic E-state index is 0.269. The SMILES string of the molecule is CCOc1ccc(C(c2ccc3ccccc3c2)N2CCCNCC2)cc1. The predicted octanol–water partition coefficient (Wildman–Crippen LogP) is 4.62. The van der Waals surface area contributed by atoms with Crippen LogP contribution in [0.5, 0.6) is 5.75 Å². The van der Waals surface area contributed by atoms with Crippen LogP contribution in [0.3, 0.4) is 0 Å². The normalized spacial score (nSPS) is 16.8. The Kier molecular flexibility index (Phi) is 5.71. The molecule has 0 spiro atoms. The maximum atomic E-state index is 5.65. The number of ether oxygens (including phenoxy) is 1. The fraction of sp³-hybridized carbons (Fsp3) is 0.333. The summed E-state index contributed by atoms with van der Waals surface area (Å²) in [4.78, 5) is 2.61. The number of hydrogen-bond donors (Lipinski definition) is 1. The van der Waals surface area contributed by atoms with Crippen LogP contribution in [0.2, 0.25) is 0 Å². The summed E-state index contributed by atoms with van der Waals surface area (Å²) < 4.78 is 5.65. The van der Waals surface area contributed by atoms with Crippen LogP contribution in [0.4, 0.5) is 0 Å². The molecule has 1 heterocycles. The molecule has 27 heavy (non-hydrogen) atoms. The molecule has 1 fully saturated rings. The van der Waals surface area contributed by atoms with Crippen molar-refractivity contribution in [1.29, 1.82) is 0 Å². The van der Waals surface area contributed by atoms with E-state index >= 15 is 0 Å². The molecule has 3 aromatic rings. The van der Waals surface area contributed by atoms with Gasteiger partial charge in [-0.3, -0.25) is 4.90 Å². The average Bonchev–Trinajstić information content (AvgIpc) is 2.99. The molecule has 4 rings (SSSR count). The molecule has 1 saturated heterocycles. The van der Waals surface area contributed by atoms with Gasteiger partial charge in [0.2, 0.25) is 0 Å². The highest BCUT2D eigenvalue weighted by atomic mass is 16.5. The lowest BCUT2D eigenvalue weighted by Crippen LogP contribution is -2.33. The minimum Gasteiger partial charge on any atom is -0.494 e. The lowest BCUT2D eigenvalue weighted by atomic mass is 9.94. The summed E-state index contributed by atoms with van der Waals surface area (Å²) >= 11 is 0. The summed E-state index contributed by atoms with van der Waals surface area (Å²) in [5, 5.41) is 6.13. The Bertz CT molecular complexity index is 867. The zero-order chi connectivity index (χ0) is 18.5. The van der Waals surface area contributed by atoms with E-state index in [9.17, 15) is 0 Å². The number of rotatable bonds is 5. The molecule has 140 valence electrons. The second-order valence-corrected chi connectivity index (χ2v) is 7.15. The Balaban J connectivity index is 1.73. The van der Waals surface area contributed by atoms with Gasteiger partial charge in [-0.15, -0.1) is 0 Å². The molecule has 1 N–H and O–H groups in total. The molecule has 0 radical (unpaired) electrons. The highest BCUT2D eigenvalue weighted by molar-refractivity contribution is 5.83. The van der Waals surface area contributed by atoms with E-state index in [1.807, 2.05) is 6.92 Å². The Morgan fingerprint density at radius 1 is 0.889 bits per heavy atom. The maximum absolute atomic E-state index is 5.65. The van der Waals surface area contributed by atoms with E-state index in [4.69, 9.17) is 4.74 Å². The van der Waals surface area contributed by atoms with E-state index in [-0.39, 0.29) is 6.04 Å². The maximum Gasteiger partial charge on any atom is 0.119 e. The van der Waals surface area contributed by atoms with Crippen molar-refractivity contribution in [2.75, 3.05) is 32.8 Å². The van der Waals surface area contributed by atoms with Crippen LogP contribution in [0, 0.1) is 0 Å². The summed E-state index contributed by atoms with van der Waals surface area (Å²) in [6.45, 7) is 7.04. The second-order valence-electron chi connectivity index (χ2n) is 7.15. The van der Waals surface area contributed by atoms with Crippen molar-refractivity contribution in [1.82, 2.24) is 10.2 Å². The molecule has 1 atom stereocenters. The summed E-state index contributed by atoms with van der Waals surface area (Å²) in [5.74, 6) is 0.941. The molecular formula is C24H28N2O. The topological polar surface area (TPSA) is 24.5 Å². The van der Waals surface area contributed by atoms with Crippen molar-refractivity contribution in [3.63, 3.8) is 0 Å². The fourth-order valence-corrected chi connectivity index (χ4v) is 4.03. The number of nitrogens with zero attached hydrogens (tertiary/aromatic N) is 1. The van der Waals surface area contributed by atoms with Gasteiger partial charge in [0.05, 0.1) is 12.6 Å². The first-order valence-electron chi connectivity index (χ1n) is 10.0. The number of hydrogen-bond acceptors (Lipinski definition) is 3. The zero-order valence-corrected chi connectivity index (χ0v) is 16.0. The Labute approximate surface area is 162 Å². The third-order valence-electron chi connectivity index (χ3n) is 5.34. The van der Waals surface area contributed by atoms with E-state index in [1.165, 1.54) is 28.3 Å². The van der Waals surface area contributed by atoms with E-state index in [0.29, 0.717) is 6.61 Å². The monoisotopic (exact) mass is 360 g/mol. The Hall–Kier alpha value is -2.36. The zero-order valence-electron chi connectivity index (χ0n) is 16.0. The van der Waals surface area contributed by atoms with Crippen molar-refractivity contribution in [3.8, 4) is 5.75 Å². The van der Waals surface area contributed by atoms with Gasteiger partial charge < -0.3 is 10.1 Å². The predicted molar refractivity (Wildman–Crippen MR) is 112 cm³/mol.